The molecule has 2 atom stereocenters. The average Bonchev–Trinajstić information content (AvgIpc) is 3.15. The molecule has 124 valence electrons. The Labute approximate surface area is 133 Å². The Bertz CT molecular complexity index is 731. The van der Waals surface area contributed by atoms with E-state index in [9.17, 15) is 9.59 Å². The van der Waals surface area contributed by atoms with E-state index in [2.05, 4.69) is 15.6 Å². The van der Waals surface area contributed by atoms with Gasteiger partial charge in [0, 0.05) is 32.6 Å². The molecule has 1 N–H and O–H groups in total. The molecule has 8 nitrogen and oxygen atoms in total. The monoisotopic (exact) mass is 319 g/mol. The fourth-order valence-corrected chi connectivity index (χ4v) is 3.24. The number of nitrogens with zero attached hydrogens (tertiary/aromatic N) is 4. The van der Waals surface area contributed by atoms with E-state index >= 15 is 0 Å². The third-order valence-corrected chi connectivity index (χ3v) is 4.56. The molecule has 0 radical (unpaired) electrons. The fourth-order valence-electron chi connectivity index (χ4n) is 3.24. The van der Waals surface area contributed by atoms with Crippen molar-refractivity contribution in [2.75, 3.05) is 0 Å². The summed E-state index contributed by atoms with van der Waals surface area (Å²) in [5.41, 5.74) is 0.165. The van der Waals surface area contributed by atoms with Gasteiger partial charge >= 0.3 is 5.69 Å². The molecule has 0 spiro atoms. The maximum absolute atomic E-state index is 12.2. The van der Waals surface area contributed by atoms with Gasteiger partial charge in [-0.2, -0.15) is 5.10 Å². The second kappa shape index (κ2) is 6.39. The summed E-state index contributed by atoms with van der Waals surface area (Å²) in [6, 6.07) is 1.61. The molecule has 0 aromatic carbocycles. The topological polar surface area (TPSA) is 94.9 Å². The van der Waals surface area contributed by atoms with Gasteiger partial charge in [0.15, 0.2) is 5.69 Å². The zero-order valence-electron chi connectivity index (χ0n) is 13.4. The molecule has 2 aromatic heterocycles. The van der Waals surface area contributed by atoms with Crippen LogP contribution >= 0.6 is 0 Å². The predicted octanol–water partition coefficient (Wildman–Crippen LogP) is 0.638. The van der Waals surface area contributed by atoms with Gasteiger partial charge in [-0.25, -0.2) is 9.48 Å². The molecular formula is C15H21N5O3. The highest BCUT2D eigenvalue weighted by Gasteiger charge is 2.29. The minimum absolute atomic E-state index is 0.0602. The van der Waals surface area contributed by atoms with E-state index in [1.54, 1.807) is 24.7 Å². The minimum atomic E-state index is -0.217. The first-order valence-electron chi connectivity index (χ1n) is 7.86. The van der Waals surface area contributed by atoms with Crippen molar-refractivity contribution in [2.45, 2.75) is 38.1 Å². The molecule has 0 unspecified atom stereocenters. The zero-order chi connectivity index (χ0) is 16.4. The average molecular weight is 319 g/mol. The van der Waals surface area contributed by atoms with Crippen molar-refractivity contribution >= 4 is 5.91 Å². The van der Waals surface area contributed by atoms with Gasteiger partial charge in [0.25, 0.3) is 5.91 Å². The molecule has 1 aliphatic rings. The maximum Gasteiger partial charge on any atom is 0.345 e. The lowest BCUT2D eigenvalue weighted by Gasteiger charge is -2.31. The van der Waals surface area contributed by atoms with Gasteiger partial charge in [0.2, 0.25) is 0 Å². The Balaban J connectivity index is 1.72. The quantitative estimate of drug-likeness (QED) is 0.892. The van der Waals surface area contributed by atoms with Crippen LogP contribution < -0.4 is 11.0 Å². The number of carbonyl (C=O) groups excluding carboxylic acids is 1. The second-order valence-electron chi connectivity index (χ2n) is 6.09. The molecule has 2 heterocycles. The van der Waals surface area contributed by atoms with E-state index < -0.39 is 0 Å². The minimum Gasteiger partial charge on any atom is -0.364 e. The van der Waals surface area contributed by atoms with Crippen LogP contribution in [0.2, 0.25) is 0 Å². The lowest BCUT2D eigenvalue weighted by Crippen LogP contribution is -2.43. The smallest absolute Gasteiger partial charge is 0.345 e. The molecule has 0 bridgehead atoms. The van der Waals surface area contributed by atoms with Crippen molar-refractivity contribution in [3.63, 3.8) is 0 Å². The van der Waals surface area contributed by atoms with Crippen molar-refractivity contribution in [3.8, 4) is 0 Å². The number of nitrogens with one attached hydrogen (secondary N) is 1. The molecule has 0 saturated heterocycles. The number of carbonyl (C=O) groups is 1. The van der Waals surface area contributed by atoms with Gasteiger partial charge in [-0.15, -0.1) is 0 Å². The summed E-state index contributed by atoms with van der Waals surface area (Å²) in [6.07, 6.45) is 6.21. The third kappa shape index (κ3) is 3.20. The summed E-state index contributed by atoms with van der Waals surface area (Å²) in [4.78, 5) is 24.0. The maximum atomic E-state index is 12.2. The van der Waals surface area contributed by atoms with Crippen LogP contribution in [0.15, 0.2) is 21.6 Å². The Morgan fingerprint density at radius 3 is 2.83 bits per heavy atom. The lowest BCUT2D eigenvalue weighted by molar-refractivity contribution is 0.0895. The van der Waals surface area contributed by atoms with Crippen LogP contribution in [0.1, 0.15) is 42.0 Å². The highest BCUT2D eigenvalue weighted by molar-refractivity contribution is 5.92. The molecule has 3 rings (SSSR count). The summed E-state index contributed by atoms with van der Waals surface area (Å²) in [7, 11) is 3.38. The van der Waals surface area contributed by atoms with Crippen LogP contribution in [0, 0.1) is 5.92 Å². The molecule has 1 aliphatic carbocycles. The number of rotatable bonds is 4. The molecule has 1 fully saturated rings. The highest BCUT2D eigenvalue weighted by Crippen LogP contribution is 2.27. The van der Waals surface area contributed by atoms with E-state index in [4.69, 9.17) is 4.52 Å². The molecule has 1 amide bonds. The van der Waals surface area contributed by atoms with Crippen LogP contribution in [0.3, 0.4) is 0 Å². The van der Waals surface area contributed by atoms with Crippen LogP contribution in [0.4, 0.5) is 0 Å². The first kappa shape index (κ1) is 15.5. The van der Waals surface area contributed by atoms with Crippen molar-refractivity contribution in [3.05, 3.63) is 34.3 Å². The van der Waals surface area contributed by atoms with Gasteiger partial charge in [0.05, 0.1) is 0 Å². The summed E-state index contributed by atoms with van der Waals surface area (Å²) in [5, 5.41) is 11.0. The molecule has 23 heavy (non-hydrogen) atoms. The zero-order valence-corrected chi connectivity index (χ0v) is 13.4. The highest BCUT2D eigenvalue weighted by atomic mass is 16.5. The van der Waals surface area contributed by atoms with E-state index in [-0.39, 0.29) is 23.6 Å². The largest absolute Gasteiger partial charge is 0.364 e. The van der Waals surface area contributed by atoms with E-state index in [1.165, 1.54) is 10.9 Å². The summed E-state index contributed by atoms with van der Waals surface area (Å²) < 4.78 is 7.64. The second-order valence-corrected chi connectivity index (χ2v) is 6.09. The first-order valence-corrected chi connectivity index (χ1v) is 7.86. The SMILES string of the molecule is Cn1nc(C[C@H]2CCCC[C@H]2NC(=O)c2ccon2)n(C)c1=O. The number of aryl methyl sites for hydroxylation is 1. The third-order valence-electron chi connectivity index (χ3n) is 4.56. The fraction of sp³-hybridized carbons (Fsp3) is 0.600. The normalized spacial score (nSPS) is 21.3. The summed E-state index contributed by atoms with van der Waals surface area (Å²) in [6.45, 7) is 0. The van der Waals surface area contributed by atoms with Crippen molar-refractivity contribution < 1.29 is 9.32 Å². The van der Waals surface area contributed by atoms with E-state index in [0.717, 1.165) is 31.5 Å². The predicted molar refractivity (Wildman–Crippen MR) is 81.9 cm³/mol. The number of hydrogen-bond acceptors (Lipinski definition) is 5. The van der Waals surface area contributed by atoms with E-state index in [0.29, 0.717) is 12.1 Å². The van der Waals surface area contributed by atoms with E-state index in [1.807, 2.05) is 0 Å². The van der Waals surface area contributed by atoms with Gasteiger partial charge in [-0.3, -0.25) is 9.36 Å². The van der Waals surface area contributed by atoms with Gasteiger partial charge in [0.1, 0.15) is 12.1 Å². The van der Waals surface area contributed by atoms with Crippen LogP contribution in [0.5, 0.6) is 0 Å². The van der Waals surface area contributed by atoms with Crippen molar-refractivity contribution in [2.24, 2.45) is 20.0 Å². The Morgan fingerprint density at radius 1 is 1.39 bits per heavy atom. The standard InChI is InChI=1S/C15H21N5O3/c1-19-13(17-20(2)15(19)22)9-10-5-3-4-6-11(10)16-14(21)12-7-8-23-18-12/h7-8,10-11H,3-6,9H2,1-2H3,(H,16,21)/t10-,11-/m1/s1. The Kier molecular flexibility index (Phi) is 4.31. The first-order chi connectivity index (χ1) is 11.1. The van der Waals surface area contributed by atoms with Crippen LogP contribution in [0.25, 0.3) is 0 Å². The molecule has 2 aromatic rings. The van der Waals surface area contributed by atoms with Gasteiger partial charge in [-0.05, 0) is 18.8 Å². The molecule has 8 heteroatoms. The Morgan fingerprint density at radius 2 is 2.17 bits per heavy atom. The van der Waals surface area contributed by atoms with Gasteiger partial charge < -0.3 is 9.84 Å². The van der Waals surface area contributed by atoms with Gasteiger partial charge in [-0.1, -0.05) is 18.0 Å². The molecule has 1 saturated carbocycles. The summed E-state index contributed by atoms with van der Waals surface area (Å²) in [5.74, 6) is 0.802. The van der Waals surface area contributed by atoms with Crippen molar-refractivity contribution in [1.82, 2.24) is 24.8 Å². The number of amides is 1. The Hall–Kier alpha value is -2.38. The van der Waals surface area contributed by atoms with Crippen molar-refractivity contribution in [1.29, 1.82) is 0 Å². The summed E-state index contributed by atoms with van der Waals surface area (Å²) >= 11 is 0. The molecular weight excluding hydrogens is 298 g/mol. The van der Waals surface area contributed by atoms with Crippen LogP contribution in [-0.4, -0.2) is 31.5 Å². The van der Waals surface area contributed by atoms with Crippen LogP contribution in [-0.2, 0) is 20.5 Å². The molecule has 0 aliphatic heterocycles. The number of aromatic nitrogens is 4. The lowest BCUT2D eigenvalue weighted by atomic mass is 9.82. The number of hydrogen-bond donors (Lipinski definition) is 1.